The fourth-order valence-corrected chi connectivity index (χ4v) is 2.52. The highest BCUT2D eigenvalue weighted by Gasteiger charge is 2.13. The number of carbonyl (C=O) groups excluding carboxylic acids is 1. The molecule has 1 aromatic heterocycles. The van der Waals surface area contributed by atoms with Gasteiger partial charge in [0.1, 0.15) is 17.2 Å². The quantitative estimate of drug-likeness (QED) is 0.316. The molecule has 0 aliphatic heterocycles. The number of amides is 1. The average molecular weight is 378 g/mol. The van der Waals surface area contributed by atoms with Gasteiger partial charge >= 0.3 is 0 Å². The third-order valence-electron chi connectivity index (χ3n) is 4.05. The van der Waals surface area contributed by atoms with Crippen molar-refractivity contribution in [2.75, 3.05) is 6.61 Å². The lowest BCUT2D eigenvalue weighted by Crippen LogP contribution is -2.18. The van der Waals surface area contributed by atoms with E-state index in [1.165, 1.54) is 6.21 Å². The van der Waals surface area contributed by atoms with Crippen molar-refractivity contribution < 1.29 is 14.6 Å². The summed E-state index contributed by atoms with van der Waals surface area (Å²) in [6.07, 6.45) is 3.40. The number of phenols is 1. The van der Waals surface area contributed by atoms with E-state index in [1.807, 2.05) is 24.3 Å². The second-order valence-electron chi connectivity index (χ2n) is 6.12. The average Bonchev–Trinajstić information content (AvgIpc) is 3.20. The lowest BCUT2D eigenvalue weighted by atomic mass is 10.1. The number of nitrogens with zero attached hydrogens (tertiary/aromatic N) is 2. The molecule has 7 nitrogen and oxygen atoms in total. The molecule has 3 rings (SSSR count). The van der Waals surface area contributed by atoms with Gasteiger partial charge in [-0.3, -0.25) is 9.89 Å². The summed E-state index contributed by atoms with van der Waals surface area (Å²) >= 11 is 0. The summed E-state index contributed by atoms with van der Waals surface area (Å²) in [6.45, 7) is 2.74. The molecule has 0 radical (unpaired) electrons. The van der Waals surface area contributed by atoms with Crippen molar-refractivity contribution in [3.8, 4) is 22.8 Å². The first-order chi connectivity index (χ1) is 13.7. The first-order valence-corrected chi connectivity index (χ1v) is 9.08. The standard InChI is InChI=1S/C21H22N4O3/c1-2-3-12-28-20-11-7-5-9-16(20)17-13-18(24-23-17)21(27)25-22-14-15-8-4-6-10-19(15)26/h4-11,13-14,26H,2-3,12H2,1H3,(H,23,24)(H,25,27)/b22-14+. The minimum atomic E-state index is -0.435. The fourth-order valence-electron chi connectivity index (χ4n) is 2.52. The van der Waals surface area contributed by atoms with Crippen LogP contribution in [0.5, 0.6) is 11.5 Å². The minimum Gasteiger partial charge on any atom is -0.507 e. The SMILES string of the molecule is CCCCOc1ccccc1-c1cc(C(=O)N/N=C/c2ccccc2O)[nH]n1. The molecule has 1 amide bonds. The maximum Gasteiger partial charge on any atom is 0.289 e. The van der Waals surface area contributed by atoms with E-state index >= 15 is 0 Å². The molecule has 0 saturated heterocycles. The van der Waals surface area contributed by atoms with E-state index in [9.17, 15) is 9.90 Å². The Morgan fingerprint density at radius 2 is 2.04 bits per heavy atom. The van der Waals surface area contributed by atoms with Gasteiger partial charge in [-0.2, -0.15) is 10.2 Å². The molecule has 144 valence electrons. The van der Waals surface area contributed by atoms with Gasteiger partial charge in [0.05, 0.1) is 18.5 Å². The molecule has 0 bridgehead atoms. The number of carbonyl (C=O) groups is 1. The van der Waals surface area contributed by atoms with Crippen LogP contribution in [0, 0.1) is 0 Å². The van der Waals surface area contributed by atoms with Crippen LogP contribution in [0.1, 0.15) is 35.8 Å². The van der Waals surface area contributed by atoms with Crippen molar-refractivity contribution in [1.29, 1.82) is 0 Å². The van der Waals surface area contributed by atoms with Gasteiger partial charge in [0.15, 0.2) is 0 Å². The van der Waals surface area contributed by atoms with Gasteiger partial charge in [-0.15, -0.1) is 0 Å². The number of aromatic hydroxyl groups is 1. The van der Waals surface area contributed by atoms with Gasteiger partial charge in [-0.05, 0) is 36.8 Å². The summed E-state index contributed by atoms with van der Waals surface area (Å²) in [5, 5.41) is 20.5. The number of hydrazone groups is 1. The van der Waals surface area contributed by atoms with E-state index < -0.39 is 5.91 Å². The van der Waals surface area contributed by atoms with Crippen LogP contribution in [-0.2, 0) is 0 Å². The molecule has 3 aromatic rings. The molecule has 1 heterocycles. The maximum absolute atomic E-state index is 12.3. The first kappa shape index (κ1) is 19.2. The number of nitrogens with one attached hydrogen (secondary N) is 2. The van der Waals surface area contributed by atoms with Gasteiger partial charge in [-0.1, -0.05) is 37.6 Å². The molecule has 0 aliphatic carbocycles. The third kappa shape index (κ3) is 4.76. The number of rotatable bonds is 8. The molecule has 0 fully saturated rings. The highest BCUT2D eigenvalue weighted by molar-refractivity contribution is 5.94. The number of hydrogen-bond acceptors (Lipinski definition) is 5. The summed E-state index contributed by atoms with van der Waals surface area (Å²) < 4.78 is 5.83. The zero-order chi connectivity index (χ0) is 19.8. The topological polar surface area (TPSA) is 99.6 Å². The molecule has 0 unspecified atom stereocenters. The number of H-pyrrole nitrogens is 1. The Hall–Kier alpha value is -3.61. The number of unbranched alkanes of at least 4 members (excludes halogenated alkanes) is 1. The van der Waals surface area contributed by atoms with Gasteiger partial charge in [0.25, 0.3) is 5.91 Å². The van der Waals surface area contributed by atoms with E-state index in [4.69, 9.17) is 4.74 Å². The number of aromatic amines is 1. The Bertz CT molecular complexity index is 966. The van der Waals surface area contributed by atoms with E-state index in [0.717, 1.165) is 24.2 Å². The fraction of sp³-hybridized carbons (Fsp3) is 0.190. The summed E-state index contributed by atoms with van der Waals surface area (Å²) in [6, 6.07) is 15.9. The Balaban J connectivity index is 1.68. The zero-order valence-electron chi connectivity index (χ0n) is 15.6. The van der Waals surface area contributed by atoms with Crippen molar-refractivity contribution in [1.82, 2.24) is 15.6 Å². The largest absolute Gasteiger partial charge is 0.507 e. The summed E-state index contributed by atoms with van der Waals surface area (Å²) in [5.74, 6) is 0.380. The van der Waals surface area contributed by atoms with E-state index in [2.05, 4.69) is 27.6 Å². The zero-order valence-corrected chi connectivity index (χ0v) is 15.6. The molecule has 7 heteroatoms. The molecule has 28 heavy (non-hydrogen) atoms. The van der Waals surface area contributed by atoms with Crippen molar-refractivity contribution in [3.05, 3.63) is 65.9 Å². The van der Waals surface area contributed by atoms with Gasteiger partial charge in [0, 0.05) is 11.1 Å². The number of ether oxygens (including phenoxy) is 1. The monoisotopic (exact) mass is 378 g/mol. The Labute approximate surface area is 163 Å². The van der Waals surface area contributed by atoms with Crippen LogP contribution in [0.3, 0.4) is 0 Å². The molecule has 2 aromatic carbocycles. The number of benzene rings is 2. The molecular formula is C21H22N4O3. The molecule has 3 N–H and O–H groups in total. The lowest BCUT2D eigenvalue weighted by Gasteiger charge is -2.09. The number of hydrogen-bond donors (Lipinski definition) is 3. The molecule has 0 spiro atoms. The molecule has 0 saturated carbocycles. The summed E-state index contributed by atoms with van der Waals surface area (Å²) in [7, 11) is 0. The van der Waals surface area contributed by atoms with Crippen LogP contribution < -0.4 is 10.2 Å². The van der Waals surface area contributed by atoms with Gasteiger partial charge in [-0.25, -0.2) is 5.43 Å². The minimum absolute atomic E-state index is 0.0870. The maximum atomic E-state index is 12.3. The van der Waals surface area contributed by atoms with Crippen LogP contribution in [0.25, 0.3) is 11.3 Å². The molecule has 0 aliphatic rings. The highest BCUT2D eigenvalue weighted by Crippen LogP contribution is 2.28. The summed E-state index contributed by atoms with van der Waals surface area (Å²) in [5.41, 5.74) is 4.61. The third-order valence-corrected chi connectivity index (χ3v) is 4.05. The first-order valence-electron chi connectivity index (χ1n) is 9.08. The van der Waals surface area contributed by atoms with Crippen LogP contribution in [0.4, 0.5) is 0 Å². The Morgan fingerprint density at radius 1 is 1.25 bits per heavy atom. The van der Waals surface area contributed by atoms with E-state index in [0.29, 0.717) is 17.9 Å². The van der Waals surface area contributed by atoms with Crippen molar-refractivity contribution in [3.63, 3.8) is 0 Å². The van der Waals surface area contributed by atoms with E-state index in [-0.39, 0.29) is 11.4 Å². The number of aromatic nitrogens is 2. The van der Waals surface area contributed by atoms with Crippen LogP contribution in [0.2, 0.25) is 0 Å². The second-order valence-corrected chi connectivity index (χ2v) is 6.12. The van der Waals surface area contributed by atoms with Crippen LogP contribution in [0.15, 0.2) is 59.7 Å². The van der Waals surface area contributed by atoms with Crippen LogP contribution >= 0.6 is 0 Å². The second kappa shape index (κ2) is 9.36. The molecular weight excluding hydrogens is 356 g/mol. The highest BCUT2D eigenvalue weighted by atomic mass is 16.5. The van der Waals surface area contributed by atoms with Crippen molar-refractivity contribution in [2.24, 2.45) is 5.10 Å². The van der Waals surface area contributed by atoms with Crippen LogP contribution in [-0.4, -0.2) is 34.0 Å². The van der Waals surface area contributed by atoms with E-state index in [1.54, 1.807) is 30.3 Å². The number of phenolic OH excluding ortho intramolecular Hbond substituents is 1. The van der Waals surface area contributed by atoms with Crippen molar-refractivity contribution >= 4 is 12.1 Å². The lowest BCUT2D eigenvalue weighted by molar-refractivity contribution is 0.0950. The Kier molecular flexibility index (Phi) is 6.41. The normalized spacial score (nSPS) is 10.9. The smallest absolute Gasteiger partial charge is 0.289 e. The van der Waals surface area contributed by atoms with Gasteiger partial charge < -0.3 is 9.84 Å². The Morgan fingerprint density at radius 3 is 2.86 bits per heavy atom. The molecule has 0 atom stereocenters. The van der Waals surface area contributed by atoms with Crippen molar-refractivity contribution in [2.45, 2.75) is 19.8 Å². The predicted molar refractivity (Wildman–Crippen MR) is 108 cm³/mol. The number of para-hydroxylation sites is 2. The van der Waals surface area contributed by atoms with Gasteiger partial charge in [0.2, 0.25) is 0 Å². The summed E-state index contributed by atoms with van der Waals surface area (Å²) in [4.78, 5) is 12.3. The predicted octanol–water partition coefficient (Wildman–Crippen LogP) is 3.73.